The van der Waals surface area contributed by atoms with Crippen LogP contribution >= 0.6 is 0 Å². The van der Waals surface area contributed by atoms with Gasteiger partial charge in [-0.1, -0.05) is 32.0 Å². The number of nitrogens with one attached hydrogen (secondary N) is 1. The monoisotopic (exact) mass is 327 g/mol. The summed E-state index contributed by atoms with van der Waals surface area (Å²) in [4.78, 5) is 12.6. The van der Waals surface area contributed by atoms with Crippen molar-refractivity contribution in [3.05, 3.63) is 53.1 Å². The van der Waals surface area contributed by atoms with Crippen molar-refractivity contribution in [3.8, 4) is 11.5 Å². The quantitative estimate of drug-likeness (QED) is 0.836. The van der Waals surface area contributed by atoms with Crippen molar-refractivity contribution in [1.82, 2.24) is 0 Å². The molecule has 4 heteroatoms. The number of carbonyl (C=O) groups is 1. The molecule has 1 amide bonds. The van der Waals surface area contributed by atoms with Gasteiger partial charge in [0.15, 0.2) is 0 Å². The summed E-state index contributed by atoms with van der Waals surface area (Å²) in [7, 11) is 3.21. The second-order valence-corrected chi connectivity index (χ2v) is 5.56. The van der Waals surface area contributed by atoms with Crippen LogP contribution in [0, 0.1) is 0 Å². The van der Waals surface area contributed by atoms with Crippen LogP contribution in [-0.2, 0) is 24.1 Å². The lowest BCUT2D eigenvalue weighted by Crippen LogP contribution is -2.17. The number of methoxy groups -OCH3 is 2. The summed E-state index contributed by atoms with van der Waals surface area (Å²) in [6, 6.07) is 11.6. The number of ether oxygens (including phenoxy) is 2. The summed E-state index contributed by atoms with van der Waals surface area (Å²) in [5.74, 6) is 1.34. The highest BCUT2D eigenvalue weighted by Gasteiger charge is 2.13. The predicted molar refractivity (Wildman–Crippen MR) is 97.1 cm³/mol. The number of anilines is 1. The molecule has 2 aromatic rings. The van der Waals surface area contributed by atoms with Gasteiger partial charge in [-0.15, -0.1) is 0 Å². The van der Waals surface area contributed by atoms with Crippen LogP contribution in [-0.4, -0.2) is 20.1 Å². The third-order valence-corrected chi connectivity index (χ3v) is 4.10. The Morgan fingerprint density at radius 3 is 2.17 bits per heavy atom. The lowest BCUT2D eigenvalue weighted by molar-refractivity contribution is -0.115. The van der Waals surface area contributed by atoms with E-state index in [0.717, 1.165) is 35.2 Å². The maximum atomic E-state index is 12.6. The molecule has 0 spiro atoms. The van der Waals surface area contributed by atoms with E-state index in [9.17, 15) is 4.79 Å². The lowest BCUT2D eigenvalue weighted by atomic mass is 10.0. The van der Waals surface area contributed by atoms with Crippen LogP contribution < -0.4 is 14.8 Å². The highest BCUT2D eigenvalue weighted by Crippen LogP contribution is 2.26. The molecular formula is C20H25NO3. The van der Waals surface area contributed by atoms with E-state index in [2.05, 4.69) is 31.3 Å². The van der Waals surface area contributed by atoms with Gasteiger partial charge in [0.05, 0.1) is 20.6 Å². The maximum Gasteiger partial charge on any atom is 0.228 e. The van der Waals surface area contributed by atoms with E-state index in [-0.39, 0.29) is 12.3 Å². The summed E-state index contributed by atoms with van der Waals surface area (Å²) < 4.78 is 10.6. The zero-order valence-corrected chi connectivity index (χ0v) is 14.8. The van der Waals surface area contributed by atoms with Crippen molar-refractivity contribution in [2.45, 2.75) is 33.1 Å². The van der Waals surface area contributed by atoms with Crippen molar-refractivity contribution in [2.75, 3.05) is 19.5 Å². The normalized spacial score (nSPS) is 10.3. The maximum absolute atomic E-state index is 12.6. The molecule has 4 nitrogen and oxygen atoms in total. The molecule has 0 aromatic heterocycles. The molecule has 2 aromatic carbocycles. The Bertz CT molecular complexity index is 688. The Kier molecular flexibility index (Phi) is 6.24. The fraction of sp³-hybridized carbons (Fsp3) is 0.350. The van der Waals surface area contributed by atoms with Gasteiger partial charge in [-0.05, 0) is 42.2 Å². The first-order valence-electron chi connectivity index (χ1n) is 8.24. The van der Waals surface area contributed by atoms with Crippen molar-refractivity contribution in [1.29, 1.82) is 0 Å². The van der Waals surface area contributed by atoms with E-state index in [4.69, 9.17) is 9.47 Å². The topological polar surface area (TPSA) is 47.6 Å². The van der Waals surface area contributed by atoms with Crippen LogP contribution in [0.4, 0.5) is 5.69 Å². The van der Waals surface area contributed by atoms with Crippen LogP contribution in [0.5, 0.6) is 11.5 Å². The Morgan fingerprint density at radius 1 is 0.958 bits per heavy atom. The molecule has 0 heterocycles. The van der Waals surface area contributed by atoms with Crippen molar-refractivity contribution >= 4 is 11.6 Å². The van der Waals surface area contributed by atoms with Gasteiger partial charge < -0.3 is 14.8 Å². The van der Waals surface area contributed by atoms with E-state index >= 15 is 0 Å². The minimum atomic E-state index is -0.0582. The van der Waals surface area contributed by atoms with Gasteiger partial charge in [0.1, 0.15) is 11.5 Å². The van der Waals surface area contributed by atoms with Crippen LogP contribution in [0.25, 0.3) is 0 Å². The molecule has 128 valence electrons. The molecule has 0 aliphatic heterocycles. The van der Waals surface area contributed by atoms with Gasteiger partial charge in [-0.2, -0.15) is 0 Å². The summed E-state index contributed by atoms with van der Waals surface area (Å²) in [5.41, 5.74) is 4.05. The van der Waals surface area contributed by atoms with E-state index in [1.54, 1.807) is 14.2 Å². The smallest absolute Gasteiger partial charge is 0.228 e. The molecule has 0 radical (unpaired) electrons. The average molecular weight is 327 g/mol. The molecule has 24 heavy (non-hydrogen) atoms. The van der Waals surface area contributed by atoms with E-state index < -0.39 is 0 Å². The first-order valence-corrected chi connectivity index (χ1v) is 8.24. The second-order valence-electron chi connectivity index (χ2n) is 5.56. The molecule has 2 rings (SSSR count). The lowest BCUT2D eigenvalue weighted by Gasteiger charge is -2.15. The Hall–Kier alpha value is -2.49. The molecule has 1 N–H and O–H groups in total. The van der Waals surface area contributed by atoms with Crippen LogP contribution in [0.1, 0.15) is 30.5 Å². The first-order chi connectivity index (χ1) is 11.6. The van der Waals surface area contributed by atoms with Crippen molar-refractivity contribution < 1.29 is 14.3 Å². The van der Waals surface area contributed by atoms with Crippen LogP contribution in [0.15, 0.2) is 36.4 Å². The highest BCUT2D eigenvalue weighted by atomic mass is 16.5. The van der Waals surface area contributed by atoms with Crippen molar-refractivity contribution in [3.63, 3.8) is 0 Å². The van der Waals surface area contributed by atoms with Gasteiger partial charge in [0.25, 0.3) is 0 Å². The molecule has 0 unspecified atom stereocenters. The van der Waals surface area contributed by atoms with E-state index in [1.165, 1.54) is 0 Å². The number of hydrogen-bond acceptors (Lipinski definition) is 3. The number of benzene rings is 2. The molecule has 0 aliphatic carbocycles. The summed E-state index contributed by atoms with van der Waals surface area (Å²) in [6.45, 7) is 4.19. The number of hydrogen-bond donors (Lipinski definition) is 1. The molecule has 0 aliphatic rings. The Labute approximate surface area is 143 Å². The fourth-order valence-electron chi connectivity index (χ4n) is 2.78. The largest absolute Gasteiger partial charge is 0.497 e. The number of aryl methyl sites for hydroxylation is 2. The standard InChI is InChI=1S/C20H25NO3/c1-5-14-8-7-9-15(6-2)20(14)21-19(22)13-16-12-17(23-3)10-11-18(16)24-4/h7-12H,5-6,13H2,1-4H3,(H,21,22). The number of rotatable bonds is 7. The minimum Gasteiger partial charge on any atom is -0.497 e. The molecule has 0 saturated carbocycles. The minimum absolute atomic E-state index is 0.0582. The van der Waals surface area contributed by atoms with Crippen LogP contribution in [0.2, 0.25) is 0 Å². The second kappa shape index (κ2) is 8.39. The highest BCUT2D eigenvalue weighted by molar-refractivity contribution is 5.94. The van der Waals surface area contributed by atoms with Gasteiger partial charge >= 0.3 is 0 Å². The Balaban J connectivity index is 2.23. The van der Waals surface area contributed by atoms with E-state index in [0.29, 0.717) is 11.5 Å². The van der Waals surface area contributed by atoms with Gasteiger partial charge in [0.2, 0.25) is 5.91 Å². The number of carbonyl (C=O) groups excluding carboxylic acids is 1. The average Bonchev–Trinajstić information content (AvgIpc) is 2.61. The fourth-order valence-corrected chi connectivity index (χ4v) is 2.78. The predicted octanol–water partition coefficient (Wildman–Crippen LogP) is 4.01. The summed E-state index contributed by atoms with van der Waals surface area (Å²) in [6.07, 6.45) is 2.00. The SMILES string of the molecule is CCc1cccc(CC)c1NC(=O)Cc1cc(OC)ccc1OC. The number of amides is 1. The Morgan fingerprint density at radius 2 is 1.62 bits per heavy atom. The third-order valence-electron chi connectivity index (χ3n) is 4.10. The van der Waals surface area contributed by atoms with Crippen molar-refractivity contribution in [2.24, 2.45) is 0 Å². The molecular weight excluding hydrogens is 302 g/mol. The third kappa shape index (κ3) is 4.07. The first kappa shape index (κ1) is 17.9. The molecule has 0 saturated heterocycles. The van der Waals surface area contributed by atoms with Gasteiger partial charge in [-0.3, -0.25) is 4.79 Å². The van der Waals surface area contributed by atoms with Gasteiger partial charge in [0, 0.05) is 11.3 Å². The van der Waals surface area contributed by atoms with E-state index in [1.807, 2.05) is 24.3 Å². The number of para-hydroxylation sites is 1. The molecule has 0 atom stereocenters. The van der Waals surface area contributed by atoms with Gasteiger partial charge in [-0.25, -0.2) is 0 Å². The summed E-state index contributed by atoms with van der Waals surface area (Å²) in [5, 5.41) is 3.08. The van der Waals surface area contributed by atoms with Crippen LogP contribution in [0.3, 0.4) is 0 Å². The zero-order chi connectivity index (χ0) is 17.5. The zero-order valence-electron chi connectivity index (χ0n) is 14.8. The molecule has 0 fully saturated rings. The molecule has 0 bridgehead atoms. The summed E-state index contributed by atoms with van der Waals surface area (Å²) >= 11 is 0.